The lowest BCUT2D eigenvalue weighted by Crippen LogP contribution is -2.64. The van der Waals surface area contributed by atoms with Crippen molar-refractivity contribution in [2.24, 2.45) is 0 Å². The molecule has 3 aliphatic carbocycles. The summed E-state index contributed by atoms with van der Waals surface area (Å²) in [5.41, 5.74) is 2.40. The van der Waals surface area contributed by atoms with E-state index in [1.165, 1.54) is 23.5 Å². The van der Waals surface area contributed by atoms with Crippen LogP contribution in [0.2, 0.25) is 0 Å². The summed E-state index contributed by atoms with van der Waals surface area (Å²) in [7, 11) is -3.74. The van der Waals surface area contributed by atoms with Gasteiger partial charge in [0.1, 0.15) is 17.2 Å². The zero-order valence-electron chi connectivity index (χ0n) is 25.3. The number of carbonyl (C=O) groups excluding carboxylic acids is 1. The molecule has 3 saturated carbocycles. The number of hydrogen-bond donors (Lipinski definition) is 2. The van der Waals surface area contributed by atoms with Crippen LogP contribution in [-0.2, 0) is 16.6 Å². The van der Waals surface area contributed by atoms with E-state index < -0.39 is 27.0 Å². The van der Waals surface area contributed by atoms with Crippen LogP contribution in [0.1, 0.15) is 79.5 Å². The minimum atomic E-state index is -4.83. The third kappa shape index (κ3) is 5.75. The van der Waals surface area contributed by atoms with Crippen LogP contribution < -0.4 is 19.7 Å². The number of nitrogens with one attached hydrogen (secondary N) is 2. The maximum atomic E-state index is 13.1. The number of amides is 1. The zero-order chi connectivity index (χ0) is 32.7. The number of alkyl halides is 3. The molecule has 2 saturated heterocycles. The fourth-order valence-corrected chi connectivity index (χ4v) is 9.16. The first-order valence-corrected chi connectivity index (χ1v) is 18.0. The number of ether oxygens (including phenoxy) is 1. The van der Waals surface area contributed by atoms with Gasteiger partial charge in [0.25, 0.3) is 5.91 Å². The van der Waals surface area contributed by atoms with Gasteiger partial charge in [-0.05, 0) is 82.2 Å². The van der Waals surface area contributed by atoms with E-state index in [0.717, 1.165) is 58.8 Å². The summed E-state index contributed by atoms with van der Waals surface area (Å²) in [4.78, 5) is 19.9. The molecule has 9 rings (SSSR count). The molecule has 4 aromatic rings. The summed E-state index contributed by atoms with van der Waals surface area (Å²) in [6.45, 7) is 2.05. The number of aromatic nitrogens is 2. The molecule has 5 aliphatic rings. The normalized spacial score (nSPS) is 23.4. The minimum absolute atomic E-state index is 0.187. The minimum Gasteiger partial charge on any atom is -0.405 e. The Kier molecular flexibility index (Phi) is 7.12. The molecule has 10 nitrogen and oxygen atoms in total. The molecule has 0 radical (unpaired) electrons. The van der Waals surface area contributed by atoms with Crippen molar-refractivity contribution in [2.75, 3.05) is 4.90 Å². The second kappa shape index (κ2) is 10.9. The Hall–Kier alpha value is -3.69. The van der Waals surface area contributed by atoms with Crippen molar-refractivity contribution >= 4 is 42.6 Å². The lowest BCUT2D eigenvalue weighted by atomic mass is 9.77. The number of benzene rings is 2. The van der Waals surface area contributed by atoms with Crippen LogP contribution in [0.5, 0.6) is 5.75 Å². The number of nitrogens with zero attached hydrogens (tertiary/aromatic N) is 3. The van der Waals surface area contributed by atoms with Crippen molar-refractivity contribution in [3.05, 3.63) is 59.4 Å². The largest absolute Gasteiger partial charge is 0.573 e. The average molecular weight is 688 g/mol. The van der Waals surface area contributed by atoms with Gasteiger partial charge in [-0.3, -0.25) is 4.79 Å². The number of para-hydroxylation sites is 1. The van der Waals surface area contributed by atoms with Crippen LogP contribution in [0, 0.1) is 0 Å². The summed E-state index contributed by atoms with van der Waals surface area (Å²) in [5.74, 6) is -0.0103. The van der Waals surface area contributed by atoms with Crippen LogP contribution in [0.25, 0.3) is 21.5 Å². The van der Waals surface area contributed by atoms with Crippen molar-refractivity contribution in [1.29, 1.82) is 0 Å². The Morgan fingerprint density at radius 2 is 1.87 bits per heavy atom. The number of thiazole rings is 1. The number of fused-ring (bicyclic) bond motifs is 3. The second-order valence-electron chi connectivity index (χ2n) is 13.3. The van der Waals surface area contributed by atoms with Crippen molar-refractivity contribution in [2.45, 2.75) is 93.6 Å². The molecule has 248 valence electrons. The van der Waals surface area contributed by atoms with Gasteiger partial charge in [0.15, 0.2) is 5.13 Å². The molecule has 1 amide bonds. The summed E-state index contributed by atoms with van der Waals surface area (Å²) >= 11 is 1.49. The number of carbonyl (C=O) groups is 1. The van der Waals surface area contributed by atoms with Crippen LogP contribution >= 0.6 is 11.3 Å². The summed E-state index contributed by atoms with van der Waals surface area (Å²) < 4.78 is 76.7. The van der Waals surface area contributed by atoms with Crippen molar-refractivity contribution in [1.82, 2.24) is 20.2 Å². The van der Waals surface area contributed by atoms with Gasteiger partial charge in [0.2, 0.25) is 10.0 Å². The highest BCUT2D eigenvalue weighted by Crippen LogP contribution is 2.47. The zero-order valence-corrected chi connectivity index (χ0v) is 27.0. The maximum Gasteiger partial charge on any atom is 0.573 e. The van der Waals surface area contributed by atoms with Gasteiger partial charge in [0.05, 0.1) is 15.0 Å². The van der Waals surface area contributed by atoms with E-state index >= 15 is 0 Å². The van der Waals surface area contributed by atoms with Gasteiger partial charge in [-0.1, -0.05) is 28.6 Å². The highest BCUT2D eigenvalue weighted by Gasteiger charge is 2.51. The van der Waals surface area contributed by atoms with Crippen LogP contribution in [0.4, 0.5) is 18.3 Å². The van der Waals surface area contributed by atoms with Gasteiger partial charge in [-0.25, -0.2) is 18.1 Å². The number of halogens is 3. The monoisotopic (exact) mass is 687 g/mol. The predicted octanol–water partition coefficient (Wildman–Crippen LogP) is 6.24. The Labute approximate surface area is 272 Å². The van der Waals surface area contributed by atoms with Gasteiger partial charge in [-0.2, -0.15) is 0 Å². The molecule has 2 unspecified atom stereocenters. The number of hydrogen-bond acceptors (Lipinski definition) is 10. The number of piperidine rings is 1. The summed E-state index contributed by atoms with van der Waals surface area (Å²) in [6.07, 6.45) is 0.930. The van der Waals surface area contributed by atoms with Gasteiger partial charge < -0.3 is 19.5 Å². The lowest BCUT2D eigenvalue weighted by Gasteiger charge is -2.55. The fourth-order valence-electron chi connectivity index (χ4n) is 6.76. The standard InChI is InChI=1S/C32H32F3N5O5S2/c1-31(10-11-31)47(42,43)39-29(41)18-8-9-24-26(12-18)46-30(37-24)40-20-13-19(14-21(40)15-20)36-16-23-27(38-45-28(23)17-6-7-17)22-4-2-3-5-25(22)44-32(33,34)35/h2-5,8-9,12,17,19-21,36H,6-7,10-11,13-16H2,1H3,(H,39,41). The van der Waals surface area contributed by atoms with Gasteiger partial charge >= 0.3 is 6.36 Å². The third-order valence-corrected chi connectivity index (χ3v) is 13.0. The molecule has 2 aromatic carbocycles. The van der Waals surface area contributed by atoms with Crippen molar-refractivity contribution in [3.8, 4) is 17.0 Å². The van der Waals surface area contributed by atoms with Crippen molar-refractivity contribution in [3.63, 3.8) is 0 Å². The average Bonchev–Trinajstić information content (AvgIpc) is 3.92. The third-order valence-electron chi connectivity index (χ3n) is 9.84. The molecule has 5 fully saturated rings. The highest BCUT2D eigenvalue weighted by molar-refractivity contribution is 7.91. The second-order valence-corrected chi connectivity index (χ2v) is 16.5. The van der Waals surface area contributed by atoms with Crippen molar-refractivity contribution < 1.29 is 35.6 Å². The van der Waals surface area contributed by atoms with E-state index in [2.05, 4.69) is 24.8 Å². The van der Waals surface area contributed by atoms with E-state index in [1.807, 2.05) is 0 Å². The Morgan fingerprint density at radius 1 is 1.13 bits per heavy atom. The van der Waals surface area contributed by atoms with Gasteiger partial charge in [-0.15, -0.1) is 13.2 Å². The molecule has 0 spiro atoms. The van der Waals surface area contributed by atoms with E-state index in [0.29, 0.717) is 25.1 Å². The molecular weight excluding hydrogens is 656 g/mol. The van der Waals surface area contributed by atoms with E-state index in [9.17, 15) is 26.4 Å². The molecule has 2 bridgehead atoms. The molecule has 47 heavy (non-hydrogen) atoms. The van der Waals surface area contributed by atoms with E-state index in [1.54, 1.807) is 37.3 Å². The Morgan fingerprint density at radius 3 is 2.57 bits per heavy atom. The first-order chi connectivity index (χ1) is 22.4. The molecule has 15 heteroatoms. The Bertz CT molecular complexity index is 1970. The van der Waals surface area contributed by atoms with E-state index in [4.69, 9.17) is 9.51 Å². The summed E-state index contributed by atoms with van der Waals surface area (Å²) in [5, 5.41) is 8.72. The topological polar surface area (TPSA) is 127 Å². The summed E-state index contributed by atoms with van der Waals surface area (Å²) in [6, 6.07) is 11.8. The van der Waals surface area contributed by atoms with E-state index in [-0.39, 0.29) is 40.9 Å². The highest BCUT2D eigenvalue weighted by atomic mass is 32.2. The first-order valence-electron chi connectivity index (χ1n) is 15.7. The maximum absolute atomic E-state index is 13.1. The van der Waals surface area contributed by atoms with Gasteiger partial charge in [0, 0.05) is 47.3 Å². The number of anilines is 1. The molecule has 2 N–H and O–H groups in total. The SMILES string of the molecule is CC1(S(=O)(=O)NC(=O)c2ccc3nc(N4C5CC(NCc6c(-c7ccccc7OC(F)(F)F)noc6C6CC6)CC4C5)sc3c2)CC1. The molecule has 2 aromatic heterocycles. The fraction of sp³-hybridized carbons (Fsp3) is 0.469. The quantitative estimate of drug-likeness (QED) is 0.199. The number of rotatable bonds is 10. The lowest BCUT2D eigenvalue weighted by molar-refractivity contribution is -0.274. The molecule has 4 heterocycles. The first kappa shape index (κ1) is 30.6. The predicted molar refractivity (Wildman–Crippen MR) is 169 cm³/mol. The number of sulfonamides is 1. The molecule has 2 aliphatic heterocycles. The Balaban J connectivity index is 0.950. The molecule has 2 atom stereocenters. The van der Waals surface area contributed by atoms with Crippen LogP contribution in [0.3, 0.4) is 0 Å². The smallest absolute Gasteiger partial charge is 0.405 e. The van der Waals surface area contributed by atoms with Crippen LogP contribution in [-0.4, -0.2) is 53.7 Å². The van der Waals surface area contributed by atoms with Crippen LogP contribution in [0.15, 0.2) is 47.0 Å². The molecular formula is C32H32F3N5O5S2.